The predicted molar refractivity (Wildman–Crippen MR) is 213 cm³/mol. The second-order valence-corrected chi connectivity index (χ2v) is 13.7. The van der Waals surface area contributed by atoms with E-state index in [4.69, 9.17) is 0 Å². The van der Waals surface area contributed by atoms with Crippen molar-refractivity contribution in [3.63, 3.8) is 0 Å². The van der Waals surface area contributed by atoms with Crippen LogP contribution in [-0.4, -0.2) is 0 Å². The number of hydrogen-bond acceptors (Lipinski definition) is 1. The van der Waals surface area contributed by atoms with Gasteiger partial charge in [-0.2, -0.15) is 0 Å². The van der Waals surface area contributed by atoms with Crippen LogP contribution in [-0.2, 0) is 5.41 Å². The number of anilines is 3. The summed E-state index contributed by atoms with van der Waals surface area (Å²) in [6.07, 6.45) is 0. The average molecular weight is 640 g/mol. The molecular weight excluding hydrogens is 603 g/mol. The summed E-state index contributed by atoms with van der Waals surface area (Å²) in [5.74, 6) is 0. The number of benzene rings is 8. The molecule has 0 N–H and O–H groups in total. The summed E-state index contributed by atoms with van der Waals surface area (Å²) in [6, 6.07) is 68.7. The smallest absolute Gasteiger partial charge is 0.0546 e. The van der Waals surface area contributed by atoms with Gasteiger partial charge in [0.15, 0.2) is 0 Å². The molecule has 1 nitrogen and oxygen atoms in total. The highest BCUT2D eigenvalue weighted by atomic mass is 15.1. The van der Waals surface area contributed by atoms with Gasteiger partial charge in [-0.05, 0) is 91.2 Å². The Balaban J connectivity index is 1.37. The summed E-state index contributed by atoms with van der Waals surface area (Å²) in [7, 11) is 0. The second kappa shape index (κ2) is 12.1. The lowest BCUT2D eigenvalue weighted by atomic mass is 9.81. The van der Waals surface area contributed by atoms with Crippen LogP contribution in [0.25, 0.3) is 55.3 Å². The SMILES string of the molecule is CC1(C)c2ccccc2-c2cccc(N(c3ccc4ccccc4c3)c3cccc(-c4ccccc4)c3-c3cccc(-c4ccccc4)c3)c21. The van der Waals surface area contributed by atoms with Crippen molar-refractivity contribution in [2.75, 3.05) is 4.90 Å². The van der Waals surface area contributed by atoms with Crippen molar-refractivity contribution in [3.8, 4) is 44.5 Å². The van der Waals surface area contributed by atoms with Gasteiger partial charge in [-0.3, -0.25) is 0 Å². The summed E-state index contributed by atoms with van der Waals surface area (Å²) in [5.41, 5.74) is 15.8. The Hall–Kier alpha value is -6.18. The first-order valence-electron chi connectivity index (χ1n) is 17.4. The number of hydrogen-bond donors (Lipinski definition) is 0. The van der Waals surface area contributed by atoms with Crippen LogP contribution in [0, 0.1) is 0 Å². The van der Waals surface area contributed by atoms with Crippen LogP contribution in [0.3, 0.4) is 0 Å². The molecule has 0 amide bonds. The molecule has 0 radical (unpaired) electrons. The van der Waals surface area contributed by atoms with Crippen LogP contribution < -0.4 is 4.90 Å². The van der Waals surface area contributed by atoms with Gasteiger partial charge in [0.2, 0.25) is 0 Å². The van der Waals surface area contributed by atoms with Crippen molar-refractivity contribution in [1.29, 1.82) is 0 Å². The van der Waals surface area contributed by atoms with Crippen molar-refractivity contribution in [2.24, 2.45) is 0 Å². The Morgan fingerprint density at radius 2 is 0.960 bits per heavy atom. The fourth-order valence-electron chi connectivity index (χ4n) is 8.10. The van der Waals surface area contributed by atoms with Gasteiger partial charge in [0.1, 0.15) is 0 Å². The molecule has 238 valence electrons. The van der Waals surface area contributed by atoms with Crippen LogP contribution >= 0.6 is 0 Å². The topological polar surface area (TPSA) is 3.24 Å². The third-order valence-corrected chi connectivity index (χ3v) is 10.4. The third-order valence-electron chi connectivity index (χ3n) is 10.4. The van der Waals surface area contributed by atoms with E-state index in [9.17, 15) is 0 Å². The van der Waals surface area contributed by atoms with E-state index >= 15 is 0 Å². The normalized spacial score (nSPS) is 12.8. The lowest BCUT2D eigenvalue weighted by Crippen LogP contribution is -2.21. The first kappa shape index (κ1) is 29.9. The maximum absolute atomic E-state index is 2.52. The number of nitrogens with zero attached hydrogens (tertiary/aromatic N) is 1. The standard InChI is InChI=1S/C49H37N/c1-49(2)44-27-12-11-24-42(44)43-26-15-29-46(48(43)49)50(40-31-30-35-18-9-10-21-38(35)33-40)45-28-14-25-41(36-19-7-4-8-20-36)47(45)39-23-13-22-37(32-39)34-16-5-3-6-17-34/h3-33H,1-2H3. The van der Waals surface area contributed by atoms with E-state index in [2.05, 4.69) is 207 Å². The highest BCUT2D eigenvalue weighted by molar-refractivity contribution is 6.01. The quantitative estimate of drug-likeness (QED) is 0.175. The molecule has 0 saturated carbocycles. The van der Waals surface area contributed by atoms with Crippen molar-refractivity contribution in [1.82, 2.24) is 0 Å². The summed E-state index contributed by atoms with van der Waals surface area (Å²) in [6.45, 7) is 4.76. The van der Waals surface area contributed by atoms with Crippen molar-refractivity contribution < 1.29 is 0 Å². The summed E-state index contributed by atoms with van der Waals surface area (Å²) >= 11 is 0. The van der Waals surface area contributed by atoms with Crippen LogP contribution in [0.4, 0.5) is 17.1 Å². The van der Waals surface area contributed by atoms with Crippen molar-refractivity contribution in [3.05, 3.63) is 199 Å². The Bertz CT molecular complexity index is 2510. The first-order chi connectivity index (χ1) is 24.6. The van der Waals surface area contributed by atoms with Gasteiger partial charge in [0, 0.05) is 16.7 Å². The van der Waals surface area contributed by atoms with Crippen LogP contribution in [0.5, 0.6) is 0 Å². The molecule has 0 bridgehead atoms. The van der Waals surface area contributed by atoms with Gasteiger partial charge in [-0.1, -0.05) is 172 Å². The second-order valence-electron chi connectivity index (χ2n) is 13.7. The van der Waals surface area contributed by atoms with Gasteiger partial charge in [0.05, 0.1) is 11.4 Å². The van der Waals surface area contributed by atoms with Crippen LogP contribution in [0.1, 0.15) is 25.0 Å². The molecule has 9 rings (SSSR count). The lowest BCUT2D eigenvalue weighted by Gasteiger charge is -2.34. The third kappa shape index (κ3) is 4.94. The van der Waals surface area contributed by atoms with E-state index in [1.165, 1.54) is 72.1 Å². The van der Waals surface area contributed by atoms with E-state index < -0.39 is 0 Å². The zero-order chi connectivity index (χ0) is 33.7. The molecule has 0 aliphatic heterocycles. The fourth-order valence-corrected chi connectivity index (χ4v) is 8.10. The van der Waals surface area contributed by atoms with E-state index in [-0.39, 0.29) is 5.41 Å². The number of fused-ring (bicyclic) bond motifs is 4. The van der Waals surface area contributed by atoms with Gasteiger partial charge in [-0.15, -0.1) is 0 Å². The monoisotopic (exact) mass is 639 g/mol. The molecular formula is C49H37N. The molecule has 8 aromatic carbocycles. The average Bonchev–Trinajstić information content (AvgIpc) is 3.42. The summed E-state index contributed by atoms with van der Waals surface area (Å²) < 4.78 is 0. The fraction of sp³-hybridized carbons (Fsp3) is 0.0612. The molecule has 0 saturated heterocycles. The highest BCUT2D eigenvalue weighted by Crippen LogP contribution is 2.55. The maximum Gasteiger partial charge on any atom is 0.0546 e. The molecule has 0 heterocycles. The molecule has 1 aliphatic rings. The zero-order valence-electron chi connectivity index (χ0n) is 28.3. The minimum Gasteiger partial charge on any atom is -0.309 e. The Morgan fingerprint density at radius 3 is 1.76 bits per heavy atom. The molecule has 0 fully saturated rings. The molecule has 0 spiro atoms. The van der Waals surface area contributed by atoms with Gasteiger partial charge in [0.25, 0.3) is 0 Å². The van der Waals surface area contributed by atoms with Crippen molar-refractivity contribution >= 4 is 27.8 Å². The minimum atomic E-state index is -0.192. The lowest BCUT2D eigenvalue weighted by molar-refractivity contribution is 0.661. The largest absolute Gasteiger partial charge is 0.309 e. The number of rotatable bonds is 6. The van der Waals surface area contributed by atoms with Crippen molar-refractivity contribution in [2.45, 2.75) is 19.3 Å². The molecule has 1 aliphatic carbocycles. The van der Waals surface area contributed by atoms with E-state index in [1.54, 1.807) is 0 Å². The highest BCUT2D eigenvalue weighted by Gasteiger charge is 2.39. The zero-order valence-corrected chi connectivity index (χ0v) is 28.3. The van der Waals surface area contributed by atoms with Gasteiger partial charge in [-0.25, -0.2) is 0 Å². The Morgan fingerprint density at radius 1 is 0.380 bits per heavy atom. The maximum atomic E-state index is 2.52. The van der Waals surface area contributed by atoms with Gasteiger partial charge >= 0.3 is 0 Å². The Kier molecular flexibility index (Phi) is 7.21. The Labute approximate surface area is 294 Å². The van der Waals surface area contributed by atoms with E-state index in [1.807, 2.05) is 0 Å². The summed E-state index contributed by atoms with van der Waals surface area (Å²) in [5, 5.41) is 2.45. The van der Waals surface area contributed by atoms with Crippen LogP contribution in [0.2, 0.25) is 0 Å². The molecule has 1 heteroatoms. The van der Waals surface area contributed by atoms with Gasteiger partial charge < -0.3 is 4.90 Å². The molecule has 50 heavy (non-hydrogen) atoms. The molecule has 8 aromatic rings. The van der Waals surface area contributed by atoms with E-state index in [0.29, 0.717) is 0 Å². The van der Waals surface area contributed by atoms with E-state index in [0.717, 1.165) is 11.4 Å². The molecule has 0 aromatic heterocycles. The molecule has 0 unspecified atom stereocenters. The minimum absolute atomic E-state index is 0.192. The van der Waals surface area contributed by atoms with Crippen LogP contribution in [0.15, 0.2) is 188 Å². The summed E-state index contributed by atoms with van der Waals surface area (Å²) in [4.78, 5) is 2.52. The molecule has 0 atom stereocenters. The first-order valence-corrected chi connectivity index (χ1v) is 17.4. The predicted octanol–water partition coefficient (Wildman–Crippen LogP) is 13.6.